The minimum Gasteiger partial charge on any atom is -0.465 e. The second-order valence-electron chi connectivity index (χ2n) is 10.2. The SMILES string of the molecule is COC(=O)C1=C2CN(S(=O)(=O)c3ccc(C)cc3)C[C@@H]2[C@H]2CN(S(=O)(=O)c3ccc(C)cc3)CC2=C1C(=O)OC. The van der Waals surface area contributed by atoms with Crippen LogP contribution in [0.5, 0.6) is 0 Å². The summed E-state index contributed by atoms with van der Waals surface area (Å²) >= 11 is 0. The van der Waals surface area contributed by atoms with E-state index in [0.717, 1.165) is 11.1 Å². The highest BCUT2D eigenvalue weighted by atomic mass is 32.2. The van der Waals surface area contributed by atoms with Crippen molar-refractivity contribution < 1.29 is 35.9 Å². The molecule has 3 aliphatic rings. The Bertz CT molecular complexity index is 1530. The van der Waals surface area contributed by atoms with Gasteiger partial charge in [0.05, 0.1) is 35.2 Å². The number of esters is 2. The number of ether oxygens (including phenoxy) is 2. The van der Waals surface area contributed by atoms with Crippen molar-refractivity contribution in [2.75, 3.05) is 40.4 Å². The highest BCUT2D eigenvalue weighted by molar-refractivity contribution is 7.89. The number of aryl methyl sites for hydroxylation is 2. The predicted molar refractivity (Wildman–Crippen MR) is 145 cm³/mol. The molecule has 2 heterocycles. The van der Waals surface area contributed by atoms with E-state index in [-0.39, 0.29) is 47.1 Å². The van der Waals surface area contributed by atoms with Gasteiger partial charge in [0.15, 0.2) is 0 Å². The van der Waals surface area contributed by atoms with Crippen molar-refractivity contribution in [3.8, 4) is 0 Å². The fourth-order valence-electron chi connectivity index (χ4n) is 5.75. The number of rotatable bonds is 6. The number of methoxy groups -OCH3 is 2. The fraction of sp³-hybridized carbons (Fsp3) is 0.357. The van der Waals surface area contributed by atoms with E-state index >= 15 is 0 Å². The summed E-state index contributed by atoms with van der Waals surface area (Å²) in [4.78, 5) is 26.4. The largest absolute Gasteiger partial charge is 0.465 e. The molecule has 2 aromatic carbocycles. The first-order valence-electron chi connectivity index (χ1n) is 12.7. The summed E-state index contributed by atoms with van der Waals surface area (Å²) in [5.74, 6) is -2.67. The van der Waals surface area contributed by atoms with Crippen molar-refractivity contribution in [3.63, 3.8) is 0 Å². The van der Waals surface area contributed by atoms with Gasteiger partial charge in [0.25, 0.3) is 0 Å². The van der Waals surface area contributed by atoms with E-state index in [9.17, 15) is 26.4 Å². The van der Waals surface area contributed by atoms with Gasteiger partial charge in [-0.3, -0.25) is 0 Å². The summed E-state index contributed by atoms with van der Waals surface area (Å²) in [6.07, 6.45) is 0. The van der Waals surface area contributed by atoms with Crippen LogP contribution in [0, 0.1) is 25.7 Å². The van der Waals surface area contributed by atoms with Crippen molar-refractivity contribution >= 4 is 32.0 Å². The summed E-state index contributed by atoms with van der Waals surface area (Å²) < 4.78 is 67.0. The molecular weight excluding hydrogens is 556 g/mol. The zero-order valence-corrected chi connectivity index (χ0v) is 24.2. The zero-order valence-electron chi connectivity index (χ0n) is 22.6. The average Bonchev–Trinajstić information content (AvgIpc) is 3.58. The number of hydrogen-bond acceptors (Lipinski definition) is 8. The lowest BCUT2D eigenvalue weighted by Crippen LogP contribution is -2.33. The first-order valence-corrected chi connectivity index (χ1v) is 15.5. The smallest absolute Gasteiger partial charge is 0.338 e. The van der Waals surface area contributed by atoms with Gasteiger partial charge in [0, 0.05) is 38.0 Å². The summed E-state index contributed by atoms with van der Waals surface area (Å²) in [6, 6.07) is 12.9. The fourth-order valence-corrected chi connectivity index (χ4v) is 8.64. The average molecular weight is 587 g/mol. The van der Waals surface area contributed by atoms with Gasteiger partial charge in [-0.15, -0.1) is 0 Å². The molecule has 212 valence electrons. The lowest BCUT2D eigenvalue weighted by atomic mass is 9.74. The Kier molecular flexibility index (Phi) is 7.24. The van der Waals surface area contributed by atoms with E-state index in [1.807, 2.05) is 13.8 Å². The molecule has 2 saturated heterocycles. The minimum absolute atomic E-state index is 0.0209. The quantitative estimate of drug-likeness (QED) is 0.472. The Hall–Kier alpha value is -3.32. The summed E-state index contributed by atoms with van der Waals surface area (Å²) in [6.45, 7) is 3.47. The number of benzene rings is 2. The first-order chi connectivity index (χ1) is 18.9. The zero-order chi connectivity index (χ0) is 29.0. The Morgan fingerprint density at radius 3 is 1.27 bits per heavy atom. The van der Waals surface area contributed by atoms with Gasteiger partial charge >= 0.3 is 11.9 Å². The maximum Gasteiger partial charge on any atom is 0.338 e. The van der Waals surface area contributed by atoms with Crippen LogP contribution in [0.4, 0.5) is 0 Å². The van der Waals surface area contributed by atoms with Gasteiger partial charge < -0.3 is 9.47 Å². The maximum atomic E-state index is 13.6. The molecule has 0 amide bonds. The predicted octanol–water partition coefficient (Wildman–Crippen LogP) is 2.20. The maximum absolute atomic E-state index is 13.6. The lowest BCUT2D eigenvalue weighted by Gasteiger charge is -2.29. The molecule has 5 rings (SSSR count). The van der Waals surface area contributed by atoms with E-state index in [2.05, 4.69) is 0 Å². The number of nitrogens with zero attached hydrogens (tertiary/aromatic N) is 2. The van der Waals surface area contributed by atoms with Crippen molar-refractivity contribution in [1.29, 1.82) is 0 Å². The van der Waals surface area contributed by atoms with Crippen LogP contribution < -0.4 is 0 Å². The second kappa shape index (κ2) is 10.3. The van der Waals surface area contributed by atoms with Crippen LogP contribution in [0.15, 0.2) is 80.6 Å². The molecule has 1 aliphatic carbocycles. The molecule has 0 spiro atoms. The van der Waals surface area contributed by atoms with E-state index in [1.165, 1.54) is 47.1 Å². The summed E-state index contributed by atoms with van der Waals surface area (Å²) in [5, 5.41) is 0. The van der Waals surface area contributed by atoms with Crippen LogP contribution in [0.3, 0.4) is 0 Å². The molecule has 10 nitrogen and oxygen atoms in total. The van der Waals surface area contributed by atoms with E-state index in [1.54, 1.807) is 24.3 Å². The van der Waals surface area contributed by atoms with Crippen LogP contribution >= 0.6 is 0 Å². The molecule has 12 heteroatoms. The lowest BCUT2D eigenvalue weighted by molar-refractivity contribution is -0.139. The summed E-state index contributed by atoms with van der Waals surface area (Å²) in [5.41, 5.74) is 2.55. The molecule has 2 fully saturated rings. The number of sulfonamides is 2. The topological polar surface area (TPSA) is 127 Å². The third-order valence-electron chi connectivity index (χ3n) is 7.86. The van der Waals surface area contributed by atoms with Crippen LogP contribution in [0.1, 0.15) is 11.1 Å². The van der Waals surface area contributed by atoms with Crippen molar-refractivity contribution in [1.82, 2.24) is 8.61 Å². The molecule has 0 N–H and O–H groups in total. The van der Waals surface area contributed by atoms with Gasteiger partial charge in [-0.05, 0) is 49.3 Å². The molecule has 0 bridgehead atoms. The first kappa shape index (κ1) is 28.2. The van der Waals surface area contributed by atoms with E-state index < -0.39 is 43.8 Å². The van der Waals surface area contributed by atoms with Crippen LogP contribution in [-0.2, 0) is 39.1 Å². The third-order valence-corrected chi connectivity index (χ3v) is 11.5. The third kappa shape index (κ3) is 4.58. The molecule has 40 heavy (non-hydrogen) atoms. The number of hydrogen-bond donors (Lipinski definition) is 0. The molecule has 2 aromatic rings. The van der Waals surface area contributed by atoms with E-state index in [4.69, 9.17) is 9.47 Å². The van der Waals surface area contributed by atoms with Crippen molar-refractivity contribution in [2.45, 2.75) is 23.6 Å². The molecule has 0 radical (unpaired) electrons. The Balaban J connectivity index is 1.61. The molecule has 2 aliphatic heterocycles. The van der Waals surface area contributed by atoms with Gasteiger partial charge in [-0.25, -0.2) is 26.4 Å². The van der Waals surface area contributed by atoms with Crippen LogP contribution in [-0.4, -0.2) is 77.8 Å². The Morgan fingerprint density at radius 2 is 0.975 bits per heavy atom. The van der Waals surface area contributed by atoms with Gasteiger partial charge in [-0.1, -0.05) is 35.4 Å². The minimum atomic E-state index is -3.95. The van der Waals surface area contributed by atoms with E-state index in [0.29, 0.717) is 11.1 Å². The molecule has 0 saturated carbocycles. The molecular formula is C28H30N2O8S2. The van der Waals surface area contributed by atoms with Crippen LogP contribution in [0.2, 0.25) is 0 Å². The Labute approximate surface area is 234 Å². The van der Waals surface area contributed by atoms with Crippen LogP contribution in [0.25, 0.3) is 0 Å². The van der Waals surface area contributed by atoms with Gasteiger partial charge in [-0.2, -0.15) is 8.61 Å². The summed E-state index contributed by atoms with van der Waals surface area (Å²) in [7, 11) is -5.55. The molecule has 2 atom stereocenters. The number of carbonyl (C=O) groups is 2. The number of fused-ring (bicyclic) bond motifs is 3. The Morgan fingerprint density at radius 1 is 0.650 bits per heavy atom. The second-order valence-corrected chi connectivity index (χ2v) is 14.1. The monoisotopic (exact) mass is 586 g/mol. The normalized spacial score (nSPS) is 21.8. The standard InChI is InChI=1S/C28H30N2O8S2/c1-17-5-9-19(10-6-17)39(33,34)29-13-21-22-14-30(40(35,36)20-11-7-18(2)8-12-20)16-24(22)26(28(32)38-4)25(23(21)15-29)27(31)37-3/h5-12,21-22H,13-16H2,1-4H3/t21-,22-/m1/s1. The van der Waals surface area contributed by atoms with Crippen molar-refractivity contribution in [2.24, 2.45) is 11.8 Å². The number of carbonyl (C=O) groups excluding carboxylic acids is 2. The van der Waals surface area contributed by atoms with Gasteiger partial charge in [0.2, 0.25) is 20.0 Å². The highest BCUT2D eigenvalue weighted by Crippen LogP contribution is 2.48. The highest BCUT2D eigenvalue weighted by Gasteiger charge is 2.52. The van der Waals surface area contributed by atoms with Gasteiger partial charge in [0.1, 0.15) is 0 Å². The molecule has 0 aromatic heterocycles. The molecule has 0 unspecified atom stereocenters. The van der Waals surface area contributed by atoms with Crippen molar-refractivity contribution in [3.05, 3.63) is 82.0 Å².